The third kappa shape index (κ3) is 3.71. The van der Waals surface area contributed by atoms with Crippen LogP contribution in [-0.2, 0) is 22.7 Å². The Morgan fingerprint density at radius 2 is 2.08 bits per heavy atom. The first-order chi connectivity index (χ1) is 12.5. The number of amides is 2. The zero-order valence-electron chi connectivity index (χ0n) is 15.4. The monoisotopic (exact) mass is 356 g/mol. The van der Waals surface area contributed by atoms with E-state index in [0.29, 0.717) is 31.9 Å². The fourth-order valence-electron chi connectivity index (χ4n) is 3.08. The second-order valence-electron chi connectivity index (χ2n) is 6.35. The molecule has 7 heteroatoms. The molecule has 0 saturated carbocycles. The van der Waals surface area contributed by atoms with Crippen LogP contribution in [0.1, 0.15) is 31.5 Å². The normalized spacial score (nSPS) is 14.7. The largest absolute Gasteiger partial charge is 0.494 e. The van der Waals surface area contributed by atoms with Crippen molar-refractivity contribution in [1.29, 1.82) is 0 Å². The predicted molar refractivity (Wildman–Crippen MR) is 98.0 cm³/mol. The van der Waals surface area contributed by atoms with Crippen molar-refractivity contribution in [3.63, 3.8) is 0 Å². The van der Waals surface area contributed by atoms with Gasteiger partial charge in [0.1, 0.15) is 17.6 Å². The van der Waals surface area contributed by atoms with Gasteiger partial charge in [0.05, 0.1) is 18.8 Å². The smallest absolute Gasteiger partial charge is 0.243 e. The number of carbonyl (C=O) groups excluding carboxylic acids is 2. The highest BCUT2D eigenvalue weighted by Gasteiger charge is 2.32. The van der Waals surface area contributed by atoms with Gasteiger partial charge in [-0.1, -0.05) is 12.1 Å². The fourth-order valence-corrected chi connectivity index (χ4v) is 3.08. The summed E-state index contributed by atoms with van der Waals surface area (Å²) in [6.07, 6.45) is 0.352. The van der Waals surface area contributed by atoms with Gasteiger partial charge in [-0.25, -0.2) is 4.68 Å². The minimum absolute atomic E-state index is 0.0545. The first kappa shape index (κ1) is 18.0. The molecular weight excluding hydrogens is 332 g/mol. The Labute approximate surface area is 152 Å². The minimum Gasteiger partial charge on any atom is -0.494 e. The molecule has 2 amide bonds. The third-order valence-electron chi connectivity index (χ3n) is 4.40. The molecule has 0 bridgehead atoms. The molecule has 1 atom stereocenters. The van der Waals surface area contributed by atoms with Crippen molar-refractivity contribution < 1.29 is 14.3 Å². The molecule has 1 aromatic carbocycles. The average Bonchev–Trinajstić information content (AvgIpc) is 3.00. The molecule has 2 aromatic rings. The second-order valence-corrected chi connectivity index (χ2v) is 6.35. The van der Waals surface area contributed by atoms with E-state index in [2.05, 4.69) is 10.4 Å². The van der Waals surface area contributed by atoms with Gasteiger partial charge in [-0.3, -0.25) is 14.5 Å². The van der Waals surface area contributed by atoms with Gasteiger partial charge in [0.25, 0.3) is 0 Å². The van der Waals surface area contributed by atoms with E-state index in [-0.39, 0.29) is 11.8 Å². The molecule has 0 unspecified atom stereocenters. The number of benzene rings is 1. The Kier molecular flexibility index (Phi) is 5.25. The van der Waals surface area contributed by atoms with Gasteiger partial charge in [0.15, 0.2) is 0 Å². The zero-order valence-corrected chi connectivity index (χ0v) is 15.4. The van der Waals surface area contributed by atoms with Crippen LogP contribution in [0.2, 0.25) is 0 Å². The number of aromatic nitrogens is 2. The average molecular weight is 356 g/mol. The molecular formula is C19H24N4O3. The minimum atomic E-state index is -0.597. The summed E-state index contributed by atoms with van der Waals surface area (Å²) in [6, 6.07) is 8.84. The molecule has 1 aliphatic rings. The van der Waals surface area contributed by atoms with E-state index in [1.54, 1.807) is 11.6 Å². The molecule has 0 spiro atoms. The van der Waals surface area contributed by atoms with Crippen LogP contribution in [-0.4, -0.2) is 34.2 Å². The van der Waals surface area contributed by atoms with Crippen molar-refractivity contribution in [3.05, 3.63) is 41.6 Å². The lowest BCUT2D eigenvalue weighted by atomic mass is 10.1. The number of carbonyl (C=O) groups is 2. The number of hydrogen-bond donors (Lipinski definition) is 1. The van der Waals surface area contributed by atoms with Crippen LogP contribution in [0, 0.1) is 6.92 Å². The van der Waals surface area contributed by atoms with Gasteiger partial charge in [-0.15, -0.1) is 0 Å². The van der Waals surface area contributed by atoms with Crippen LogP contribution in [0.3, 0.4) is 0 Å². The maximum absolute atomic E-state index is 12.6. The second kappa shape index (κ2) is 7.59. The molecule has 1 N–H and O–H groups in total. The molecule has 1 aromatic heterocycles. The van der Waals surface area contributed by atoms with Crippen LogP contribution >= 0.6 is 0 Å². The van der Waals surface area contributed by atoms with Crippen LogP contribution in [0.15, 0.2) is 30.3 Å². The maximum Gasteiger partial charge on any atom is 0.243 e. The number of rotatable bonds is 6. The number of ether oxygens (including phenoxy) is 1. The van der Waals surface area contributed by atoms with E-state index in [1.165, 1.54) is 4.90 Å². The molecule has 138 valence electrons. The Morgan fingerprint density at radius 1 is 1.35 bits per heavy atom. The van der Waals surface area contributed by atoms with Crippen molar-refractivity contribution in [2.45, 2.75) is 46.3 Å². The van der Waals surface area contributed by atoms with E-state index in [0.717, 1.165) is 17.0 Å². The molecule has 0 radical (unpaired) electrons. The number of anilines is 1. The van der Waals surface area contributed by atoms with Crippen molar-refractivity contribution in [2.75, 3.05) is 11.5 Å². The summed E-state index contributed by atoms with van der Waals surface area (Å²) in [4.78, 5) is 26.5. The summed E-state index contributed by atoms with van der Waals surface area (Å²) in [6.45, 7) is 7.13. The molecule has 0 saturated heterocycles. The Balaban J connectivity index is 1.65. The van der Waals surface area contributed by atoms with Gasteiger partial charge < -0.3 is 10.1 Å². The Bertz CT molecular complexity index is 798. The first-order valence-electron chi connectivity index (χ1n) is 8.85. The quantitative estimate of drug-likeness (QED) is 0.859. The van der Waals surface area contributed by atoms with Crippen LogP contribution in [0.5, 0.6) is 5.75 Å². The summed E-state index contributed by atoms with van der Waals surface area (Å²) in [5.74, 6) is 1.24. The third-order valence-corrected chi connectivity index (χ3v) is 4.40. The van der Waals surface area contributed by atoms with Crippen molar-refractivity contribution in [3.8, 4) is 5.75 Å². The van der Waals surface area contributed by atoms with E-state index >= 15 is 0 Å². The molecule has 0 aliphatic carbocycles. The highest BCUT2D eigenvalue weighted by Crippen LogP contribution is 2.24. The summed E-state index contributed by atoms with van der Waals surface area (Å²) in [5, 5.41) is 7.28. The van der Waals surface area contributed by atoms with Gasteiger partial charge in [-0.2, -0.15) is 5.10 Å². The molecule has 26 heavy (non-hydrogen) atoms. The number of aryl methyl sites for hydroxylation is 2. The molecule has 3 rings (SSSR count). The number of nitrogens with one attached hydrogen (secondary N) is 1. The van der Waals surface area contributed by atoms with E-state index < -0.39 is 6.04 Å². The molecule has 2 heterocycles. The van der Waals surface area contributed by atoms with Crippen LogP contribution in [0.25, 0.3) is 0 Å². The number of fused-ring (bicyclic) bond motifs is 1. The van der Waals surface area contributed by atoms with Crippen molar-refractivity contribution in [2.24, 2.45) is 0 Å². The van der Waals surface area contributed by atoms with Gasteiger partial charge in [-0.05, 0) is 38.5 Å². The highest BCUT2D eigenvalue weighted by atomic mass is 16.5. The summed E-state index contributed by atoms with van der Waals surface area (Å²) < 4.78 is 7.20. The number of hydrogen-bond acceptors (Lipinski definition) is 4. The summed E-state index contributed by atoms with van der Waals surface area (Å²) in [7, 11) is 0. The van der Waals surface area contributed by atoms with E-state index in [1.807, 2.05) is 44.2 Å². The fraction of sp³-hybridized carbons (Fsp3) is 0.421. The Hall–Kier alpha value is -2.83. The van der Waals surface area contributed by atoms with E-state index in [4.69, 9.17) is 4.74 Å². The molecule has 1 aliphatic heterocycles. The van der Waals surface area contributed by atoms with Crippen LogP contribution in [0.4, 0.5) is 5.82 Å². The SMILES string of the molecule is CCOc1ccc(CNC(=O)[C@@H](C)N2C(=O)CCn3nc(C)cc32)cc1. The first-order valence-corrected chi connectivity index (χ1v) is 8.85. The topological polar surface area (TPSA) is 76.5 Å². The van der Waals surface area contributed by atoms with Gasteiger partial charge in [0, 0.05) is 19.0 Å². The lowest BCUT2D eigenvalue weighted by Crippen LogP contribution is -2.50. The van der Waals surface area contributed by atoms with Gasteiger partial charge in [0.2, 0.25) is 11.8 Å². The standard InChI is InChI=1S/C19H24N4O3/c1-4-26-16-7-5-15(6-8-16)12-20-19(25)14(3)23-17-11-13(2)21-22(17)10-9-18(23)24/h5-8,11,14H,4,9-10,12H2,1-3H3,(H,20,25)/t14-/m1/s1. The lowest BCUT2D eigenvalue weighted by molar-refractivity contribution is -0.126. The summed E-state index contributed by atoms with van der Waals surface area (Å²) in [5.41, 5.74) is 1.81. The summed E-state index contributed by atoms with van der Waals surface area (Å²) >= 11 is 0. The van der Waals surface area contributed by atoms with Crippen molar-refractivity contribution in [1.82, 2.24) is 15.1 Å². The molecule has 7 nitrogen and oxygen atoms in total. The Morgan fingerprint density at radius 3 is 2.77 bits per heavy atom. The lowest BCUT2D eigenvalue weighted by Gasteiger charge is -2.31. The zero-order chi connectivity index (χ0) is 18.7. The van der Waals surface area contributed by atoms with Crippen molar-refractivity contribution >= 4 is 17.6 Å². The predicted octanol–water partition coefficient (Wildman–Crippen LogP) is 2.03. The van der Waals surface area contributed by atoms with Crippen LogP contribution < -0.4 is 15.0 Å². The maximum atomic E-state index is 12.6. The molecule has 0 fully saturated rings. The van der Waals surface area contributed by atoms with E-state index in [9.17, 15) is 9.59 Å². The highest BCUT2D eigenvalue weighted by molar-refractivity contribution is 6.00. The van der Waals surface area contributed by atoms with Gasteiger partial charge >= 0.3 is 0 Å². The number of nitrogens with zero attached hydrogens (tertiary/aromatic N) is 3.